The van der Waals surface area contributed by atoms with Gasteiger partial charge in [-0.15, -0.1) is 0 Å². The number of nitrogens with two attached hydrogens (primary N) is 1. The lowest BCUT2D eigenvalue weighted by Gasteiger charge is -2.14. The van der Waals surface area contributed by atoms with E-state index < -0.39 is 0 Å². The molecule has 0 saturated carbocycles. The predicted octanol–water partition coefficient (Wildman–Crippen LogP) is 5.05. The summed E-state index contributed by atoms with van der Waals surface area (Å²) in [5.41, 5.74) is 9.14. The Labute approximate surface area is 199 Å². The first-order valence-electron chi connectivity index (χ1n) is 10.8. The summed E-state index contributed by atoms with van der Waals surface area (Å²) in [6.45, 7) is 5.90. The van der Waals surface area contributed by atoms with Crippen LogP contribution in [0.1, 0.15) is 24.5 Å². The minimum absolute atomic E-state index is 0.0904. The Kier molecular flexibility index (Phi) is 8.57. The number of carbonyl (C=O) groups excluding carboxylic acids is 1. The van der Waals surface area contributed by atoms with Gasteiger partial charge in [-0.05, 0) is 42.1 Å². The van der Waals surface area contributed by atoms with E-state index in [1.54, 1.807) is 38.2 Å². The SMILES string of the molecule is C=N/C(Oc1cccc(NC(=O)CC)c1)=C(\C(N)=NC)c1ccc(OCc2ccccc2)cc1. The van der Waals surface area contributed by atoms with Gasteiger partial charge < -0.3 is 20.5 Å². The maximum absolute atomic E-state index is 11.7. The molecular weight excluding hydrogens is 428 g/mol. The Balaban J connectivity index is 1.85. The standard InChI is InChI=1S/C27H28N4O3/c1-4-24(32)31-21-11-8-12-23(17-21)34-27(30-3)25(26(28)29-2)20-13-15-22(16-14-20)33-18-19-9-6-5-7-10-19/h5-17H,3-4,18H2,1-2H3,(H2,28,29)(H,31,32)/b27-25+. The van der Waals surface area contributed by atoms with Gasteiger partial charge in [-0.25, -0.2) is 4.99 Å². The molecule has 0 spiro atoms. The minimum Gasteiger partial charge on any atom is -0.489 e. The molecule has 0 aliphatic rings. The highest BCUT2D eigenvalue weighted by Crippen LogP contribution is 2.27. The fourth-order valence-electron chi connectivity index (χ4n) is 3.11. The molecule has 174 valence electrons. The van der Waals surface area contributed by atoms with Crippen molar-refractivity contribution in [2.75, 3.05) is 12.4 Å². The molecule has 1 amide bonds. The average Bonchev–Trinajstić information content (AvgIpc) is 2.88. The number of rotatable bonds is 10. The number of nitrogens with zero attached hydrogens (tertiary/aromatic N) is 2. The number of hydrogen-bond donors (Lipinski definition) is 2. The largest absolute Gasteiger partial charge is 0.489 e. The first-order chi connectivity index (χ1) is 16.5. The molecule has 0 saturated heterocycles. The van der Waals surface area contributed by atoms with Gasteiger partial charge in [0.1, 0.15) is 23.9 Å². The van der Waals surface area contributed by atoms with Gasteiger partial charge in [0.25, 0.3) is 0 Å². The van der Waals surface area contributed by atoms with Gasteiger partial charge in [0.05, 0.1) is 5.57 Å². The lowest BCUT2D eigenvalue weighted by atomic mass is 10.1. The highest BCUT2D eigenvalue weighted by Gasteiger charge is 2.16. The van der Waals surface area contributed by atoms with Crippen LogP contribution in [0.5, 0.6) is 11.5 Å². The molecule has 0 aliphatic heterocycles. The number of anilines is 1. The van der Waals surface area contributed by atoms with E-state index in [4.69, 9.17) is 15.2 Å². The Hall–Kier alpha value is -4.39. The van der Waals surface area contributed by atoms with Crippen LogP contribution in [0.4, 0.5) is 5.69 Å². The quantitative estimate of drug-likeness (QED) is 0.253. The maximum atomic E-state index is 11.7. The molecule has 0 aromatic heterocycles. The lowest BCUT2D eigenvalue weighted by Crippen LogP contribution is -2.17. The Morgan fingerprint density at radius 1 is 1.00 bits per heavy atom. The zero-order valence-electron chi connectivity index (χ0n) is 19.3. The van der Waals surface area contributed by atoms with Gasteiger partial charge in [0, 0.05) is 25.2 Å². The van der Waals surface area contributed by atoms with E-state index in [2.05, 4.69) is 22.0 Å². The van der Waals surface area contributed by atoms with Gasteiger partial charge in [0.15, 0.2) is 0 Å². The van der Waals surface area contributed by atoms with Gasteiger partial charge in [-0.2, -0.15) is 0 Å². The molecule has 7 nitrogen and oxygen atoms in total. The maximum Gasteiger partial charge on any atom is 0.230 e. The average molecular weight is 457 g/mol. The molecule has 3 rings (SSSR count). The highest BCUT2D eigenvalue weighted by atomic mass is 16.5. The molecule has 3 N–H and O–H groups in total. The highest BCUT2D eigenvalue weighted by molar-refractivity contribution is 6.22. The van der Waals surface area contributed by atoms with E-state index in [-0.39, 0.29) is 17.6 Å². The summed E-state index contributed by atoms with van der Waals surface area (Å²) < 4.78 is 11.9. The number of amidine groups is 1. The molecule has 34 heavy (non-hydrogen) atoms. The lowest BCUT2D eigenvalue weighted by molar-refractivity contribution is -0.115. The Morgan fingerprint density at radius 3 is 2.38 bits per heavy atom. The Bertz CT molecular complexity index is 1190. The van der Waals surface area contributed by atoms with Crippen molar-refractivity contribution in [3.05, 3.63) is 95.9 Å². The molecule has 7 heteroatoms. The minimum atomic E-state index is -0.0904. The van der Waals surface area contributed by atoms with Crippen molar-refractivity contribution in [1.82, 2.24) is 0 Å². The molecular formula is C27H28N4O3. The van der Waals surface area contributed by atoms with Crippen molar-refractivity contribution in [2.24, 2.45) is 15.7 Å². The molecule has 3 aromatic carbocycles. The summed E-state index contributed by atoms with van der Waals surface area (Å²) in [6.07, 6.45) is 0.378. The predicted molar refractivity (Wildman–Crippen MR) is 137 cm³/mol. The number of hydrogen-bond acceptors (Lipinski definition) is 5. The number of benzene rings is 3. The monoisotopic (exact) mass is 456 g/mol. The summed E-state index contributed by atoms with van der Waals surface area (Å²) in [5, 5.41) is 2.80. The fourth-order valence-corrected chi connectivity index (χ4v) is 3.11. The van der Waals surface area contributed by atoms with Crippen LogP contribution >= 0.6 is 0 Å². The van der Waals surface area contributed by atoms with Crippen LogP contribution < -0.4 is 20.5 Å². The smallest absolute Gasteiger partial charge is 0.230 e. The third kappa shape index (κ3) is 6.56. The number of aliphatic imine (C=N–C) groups is 2. The van der Waals surface area contributed by atoms with Gasteiger partial charge in [-0.3, -0.25) is 9.79 Å². The van der Waals surface area contributed by atoms with Crippen LogP contribution in [0.15, 0.2) is 94.7 Å². The van der Waals surface area contributed by atoms with E-state index in [1.165, 1.54) is 0 Å². The zero-order valence-corrected chi connectivity index (χ0v) is 19.3. The Morgan fingerprint density at radius 2 is 1.74 bits per heavy atom. The second-order valence-electron chi connectivity index (χ2n) is 7.28. The normalized spacial score (nSPS) is 11.9. The van der Waals surface area contributed by atoms with Crippen LogP contribution in [-0.2, 0) is 11.4 Å². The second kappa shape index (κ2) is 12.0. The van der Waals surface area contributed by atoms with Crippen LogP contribution in [-0.4, -0.2) is 25.5 Å². The van der Waals surface area contributed by atoms with Crippen molar-refractivity contribution in [2.45, 2.75) is 20.0 Å². The summed E-state index contributed by atoms with van der Waals surface area (Å²) >= 11 is 0. The number of ether oxygens (including phenoxy) is 2. The zero-order chi connectivity index (χ0) is 24.3. The molecule has 3 aromatic rings. The first-order valence-corrected chi connectivity index (χ1v) is 10.8. The van der Waals surface area contributed by atoms with Crippen LogP contribution in [0, 0.1) is 0 Å². The van der Waals surface area contributed by atoms with Crippen molar-refractivity contribution < 1.29 is 14.3 Å². The van der Waals surface area contributed by atoms with Crippen molar-refractivity contribution in [3.8, 4) is 11.5 Å². The number of nitrogens with one attached hydrogen (secondary N) is 1. The molecule has 0 atom stereocenters. The van der Waals surface area contributed by atoms with Gasteiger partial charge in [0.2, 0.25) is 11.8 Å². The van der Waals surface area contributed by atoms with Crippen LogP contribution in [0.3, 0.4) is 0 Å². The summed E-state index contributed by atoms with van der Waals surface area (Å²) in [5.74, 6) is 1.54. The summed E-state index contributed by atoms with van der Waals surface area (Å²) in [7, 11) is 1.59. The molecule has 0 fully saturated rings. The third-order valence-corrected chi connectivity index (χ3v) is 4.90. The van der Waals surface area contributed by atoms with E-state index in [0.717, 1.165) is 11.1 Å². The van der Waals surface area contributed by atoms with Gasteiger partial charge in [-0.1, -0.05) is 55.5 Å². The number of amides is 1. The van der Waals surface area contributed by atoms with Crippen molar-refractivity contribution in [1.29, 1.82) is 0 Å². The first kappa shape index (κ1) is 24.3. The van der Waals surface area contributed by atoms with Crippen LogP contribution in [0.25, 0.3) is 5.57 Å². The fraction of sp³-hybridized carbons (Fsp3) is 0.148. The third-order valence-electron chi connectivity index (χ3n) is 4.90. The second-order valence-corrected chi connectivity index (χ2v) is 7.28. The van der Waals surface area contributed by atoms with Crippen molar-refractivity contribution in [3.63, 3.8) is 0 Å². The molecule has 0 bridgehead atoms. The van der Waals surface area contributed by atoms with E-state index in [1.807, 2.05) is 54.6 Å². The van der Waals surface area contributed by atoms with E-state index in [0.29, 0.717) is 35.8 Å². The van der Waals surface area contributed by atoms with Crippen LogP contribution in [0.2, 0.25) is 0 Å². The summed E-state index contributed by atoms with van der Waals surface area (Å²) in [6, 6.07) is 24.4. The molecule has 0 heterocycles. The molecule has 0 unspecified atom stereocenters. The van der Waals surface area contributed by atoms with E-state index in [9.17, 15) is 4.79 Å². The van der Waals surface area contributed by atoms with E-state index >= 15 is 0 Å². The summed E-state index contributed by atoms with van der Waals surface area (Å²) in [4.78, 5) is 19.9. The topological polar surface area (TPSA) is 98.3 Å². The molecule has 0 radical (unpaired) electrons. The van der Waals surface area contributed by atoms with Crippen molar-refractivity contribution >= 4 is 29.7 Å². The van der Waals surface area contributed by atoms with Gasteiger partial charge >= 0.3 is 0 Å². The number of carbonyl (C=O) groups is 1. The molecule has 0 aliphatic carbocycles.